The van der Waals surface area contributed by atoms with E-state index in [-0.39, 0.29) is 17.7 Å². The topological polar surface area (TPSA) is 57.2 Å². The summed E-state index contributed by atoms with van der Waals surface area (Å²) in [5.41, 5.74) is 2.76. The second kappa shape index (κ2) is 4.58. The van der Waals surface area contributed by atoms with Crippen LogP contribution in [0.15, 0.2) is 48.5 Å². The first-order chi connectivity index (χ1) is 10.6. The van der Waals surface area contributed by atoms with Crippen LogP contribution in [0.4, 0.5) is 5.69 Å². The summed E-state index contributed by atoms with van der Waals surface area (Å²) in [7, 11) is 1.86. The van der Waals surface area contributed by atoms with Gasteiger partial charge in [-0.25, -0.2) is 0 Å². The second-order valence-corrected chi connectivity index (χ2v) is 6.20. The lowest BCUT2D eigenvalue weighted by Crippen LogP contribution is -2.83. The first-order valence-electron chi connectivity index (χ1n) is 7.64. The van der Waals surface area contributed by atoms with Gasteiger partial charge in [-0.3, -0.25) is 4.79 Å². The monoisotopic (exact) mass is 295 g/mol. The maximum Gasteiger partial charge on any atom is 0.244 e. The minimum atomic E-state index is -0.484. The minimum absolute atomic E-state index is 0.0618. The lowest BCUT2D eigenvalue weighted by Gasteiger charge is -2.27. The Balaban J connectivity index is 1.89. The predicted molar refractivity (Wildman–Crippen MR) is 83.8 cm³/mol. The highest BCUT2D eigenvalue weighted by Crippen LogP contribution is 2.50. The molecule has 0 bridgehead atoms. The third kappa shape index (κ3) is 1.58. The van der Waals surface area contributed by atoms with E-state index in [0.717, 1.165) is 29.8 Å². The number of fused-ring (bicyclic) bond motifs is 2. The number of likely N-dealkylation sites (N-methyl/N-ethyl adjacent to an activating group) is 1. The lowest BCUT2D eigenvalue weighted by molar-refractivity contribution is -0.679. The molecule has 0 aliphatic carbocycles. The van der Waals surface area contributed by atoms with E-state index in [1.54, 1.807) is 17.0 Å². The number of carbonyl (C=O) groups is 1. The number of phenols is 1. The SMILES string of the molecule is CN1C(=O)[C@]2(CC[NH2+][C@H]2c2ccc(O)cc2)c2ccccc21. The van der Waals surface area contributed by atoms with Gasteiger partial charge in [-0.15, -0.1) is 0 Å². The Hall–Kier alpha value is -2.33. The number of aromatic hydroxyl groups is 1. The van der Waals surface area contributed by atoms with E-state index in [4.69, 9.17) is 0 Å². The molecule has 2 aromatic carbocycles. The number of quaternary nitrogens is 1. The fourth-order valence-corrected chi connectivity index (χ4v) is 4.15. The molecule has 2 atom stereocenters. The van der Waals surface area contributed by atoms with Crippen molar-refractivity contribution >= 4 is 11.6 Å². The van der Waals surface area contributed by atoms with Crippen molar-refractivity contribution in [2.75, 3.05) is 18.5 Å². The van der Waals surface area contributed by atoms with Crippen LogP contribution in [0.3, 0.4) is 0 Å². The Kier molecular flexibility index (Phi) is 2.78. The molecule has 2 heterocycles. The van der Waals surface area contributed by atoms with Crippen LogP contribution in [-0.2, 0) is 10.2 Å². The highest BCUT2D eigenvalue weighted by molar-refractivity contribution is 6.08. The van der Waals surface area contributed by atoms with Crippen LogP contribution in [0.25, 0.3) is 0 Å². The quantitative estimate of drug-likeness (QED) is 0.833. The van der Waals surface area contributed by atoms with Gasteiger partial charge in [-0.05, 0) is 35.9 Å². The number of hydrogen-bond donors (Lipinski definition) is 2. The molecular formula is C18H19N2O2+. The molecule has 1 amide bonds. The van der Waals surface area contributed by atoms with Gasteiger partial charge in [0.25, 0.3) is 0 Å². The Bertz CT molecular complexity index is 741. The summed E-state index contributed by atoms with van der Waals surface area (Å²) in [6, 6.07) is 15.4. The van der Waals surface area contributed by atoms with Crippen LogP contribution >= 0.6 is 0 Å². The molecule has 4 heteroatoms. The zero-order valence-electron chi connectivity index (χ0n) is 12.5. The van der Waals surface area contributed by atoms with Crippen molar-refractivity contribution in [3.8, 4) is 5.75 Å². The summed E-state index contributed by atoms with van der Waals surface area (Å²) in [4.78, 5) is 14.9. The van der Waals surface area contributed by atoms with Crippen molar-refractivity contribution in [1.29, 1.82) is 0 Å². The Morgan fingerprint density at radius 2 is 1.91 bits per heavy atom. The molecule has 1 fully saturated rings. The molecule has 1 saturated heterocycles. The van der Waals surface area contributed by atoms with Crippen LogP contribution < -0.4 is 10.2 Å². The third-order valence-electron chi connectivity index (χ3n) is 5.16. The van der Waals surface area contributed by atoms with E-state index < -0.39 is 5.41 Å². The fourth-order valence-electron chi connectivity index (χ4n) is 4.15. The van der Waals surface area contributed by atoms with Crippen molar-refractivity contribution in [3.05, 3.63) is 59.7 Å². The molecule has 0 saturated carbocycles. The van der Waals surface area contributed by atoms with E-state index in [2.05, 4.69) is 11.4 Å². The van der Waals surface area contributed by atoms with Gasteiger partial charge in [0.05, 0.1) is 6.54 Å². The van der Waals surface area contributed by atoms with Gasteiger partial charge < -0.3 is 15.3 Å². The standard InChI is InChI=1S/C18H18N2O2/c1-20-15-5-3-2-4-14(15)18(17(20)22)10-11-19-16(18)12-6-8-13(21)9-7-12/h2-9,16,19,21H,10-11H2,1H3/p+1/t16-,18+/m0/s1. The summed E-state index contributed by atoms with van der Waals surface area (Å²) in [6.07, 6.45) is 0.846. The summed E-state index contributed by atoms with van der Waals surface area (Å²) in [5.74, 6) is 0.437. The molecular weight excluding hydrogens is 276 g/mol. The van der Waals surface area contributed by atoms with Gasteiger partial charge in [0.15, 0.2) is 0 Å². The Labute approximate surface area is 129 Å². The molecule has 4 nitrogen and oxygen atoms in total. The molecule has 0 aromatic heterocycles. The molecule has 2 aliphatic heterocycles. The largest absolute Gasteiger partial charge is 0.508 e. The average Bonchev–Trinajstić information content (AvgIpc) is 3.07. The molecule has 22 heavy (non-hydrogen) atoms. The van der Waals surface area contributed by atoms with Crippen molar-refractivity contribution in [1.82, 2.24) is 0 Å². The predicted octanol–water partition coefficient (Wildman–Crippen LogP) is 1.31. The van der Waals surface area contributed by atoms with Gasteiger partial charge >= 0.3 is 0 Å². The van der Waals surface area contributed by atoms with E-state index in [9.17, 15) is 9.90 Å². The van der Waals surface area contributed by atoms with Crippen LogP contribution in [0, 0.1) is 0 Å². The number of nitrogens with two attached hydrogens (primary N) is 1. The van der Waals surface area contributed by atoms with Crippen LogP contribution in [0.1, 0.15) is 23.6 Å². The number of benzene rings is 2. The van der Waals surface area contributed by atoms with Crippen LogP contribution in [-0.4, -0.2) is 24.6 Å². The Morgan fingerprint density at radius 1 is 1.18 bits per heavy atom. The summed E-state index contributed by atoms with van der Waals surface area (Å²) >= 11 is 0. The van der Waals surface area contributed by atoms with Crippen molar-refractivity contribution < 1.29 is 15.2 Å². The molecule has 2 aliphatic rings. The van der Waals surface area contributed by atoms with Crippen molar-refractivity contribution in [3.63, 3.8) is 0 Å². The number of phenolic OH excluding ortho intramolecular Hbond substituents is 1. The van der Waals surface area contributed by atoms with Gasteiger partial charge in [0.1, 0.15) is 17.2 Å². The number of carbonyl (C=O) groups excluding carboxylic acids is 1. The van der Waals surface area contributed by atoms with Crippen LogP contribution in [0.5, 0.6) is 5.75 Å². The normalized spacial score (nSPS) is 26.7. The molecule has 2 aromatic rings. The average molecular weight is 295 g/mol. The van der Waals surface area contributed by atoms with E-state index >= 15 is 0 Å². The van der Waals surface area contributed by atoms with Crippen molar-refractivity contribution in [2.45, 2.75) is 17.9 Å². The fraction of sp³-hybridized carbons (Fsp3) is 0.278. The number of anilines is 1. The molecule has 0 radical (unpaired) electrons. The highest BCUT2D eigenvalue weighted by atomic mass is 16.3. The molecule has 0 unspecified atom stereocenters. The number of hydrogen-bond acceptors (Lipinski definition) is 2. The first-order valence-corrected chi connectivity index (χ1v) is 7.64. The molecule has 3 N–H and O–H groups in total. The smallest absolute Gasteiger partial charge is 0.244 e. The summed E-state index contributed by atoms with van der Waals surface area (Å²) in [5, 5.41) is 11.8. The van der Waals surface area contributed by atoms with Gasteiger partial charge in [-0.2, -0.15) is 0 Å². The summed E-state index contributed by atoms with van der Waals surface area (Å²) in [6.45, 7) is 0.930. The molecule has 1 spiro atoms. The lowest BCUT2D eigenvalue weighted by atomic mass is 9.73. The Morgan fingerprint density at radius 3 is 2.68 bits per heavy atom. The maximum atomic E-state index is 13.1. The zero-order chi connectivity index (χ0) is 15.3. The number of amides is 1. The second-order valence-electron chi connectivity index (χ2n) is 6.20. The molecule has 112 valence electrons. The first kappa shape index (κ1) is 13.3. The maximum absolute atomic E-state index is 13.1. The number of rotatable bonds is 1. The molecule has 4 rings (SSSR count). The van der Waals surface area contributed by atoms with Crippen LogP contribution in [0.2, 0.25) is 0 Å². The van der Waals surface area contributed by atoms with E-state index in [0.29, 0.717) is 0 Å². The van der Waals surface area contributed by atoms with E-state index in [1.165, 1.54) is 0 Å². The van der Waals surface area contributed by atoms with Gasteiger partial charge in [-0.1, -0.05) is 18.2 Å². The number of nitrogens with zero attached hydrogens (tertiary/aromatic N) is 1. The van der Waals surface area contributed by atoms with Gasteiger partial charge in [0, 0.05) is 24.7 Å². The number of para-hydroxylation sites is 1. The third-order valence-corrected chi connectivity index (χ3v) is 5.16. The zero-order valence-corrected chi connectivity index (χ0v) is 12.5. The van der Waals surface area contributed by atoms with Gasteiger partial charge in [0.2, 0.25) is 5.91 Å². The highest BCUT2D eigenvalue weighted by Gasteiger charge is 2.60. The minimum Gasteiger partial charge on any atom is -0.508 e. The summed E-state index contributed by atoms with van der Waals surface area (Å²) < 4.78 is 0. The van der Waals surface area contributed by atoms with E-state index in [1.807, 2.05) is 37.4 Å². The van der Waals surface area contributed by atoms with Crippen molar-refractivity contribution in [2.24, 2.45) is 0 Å².